The van der Waals surface area contributed by atoms with Crippen LogP contribution in [-0.4, -0.2) is 40.9 Å². The van der Waals surface area contributed by atoms with Crippen molar-refractivity contribution in [3.8, 4) is 17.6 Å². The molecule has 0 saturated carbocycles. The third-order valence-electron chi connectivity index (χ3n) is 7.14. The highest BCUT2D eigenvalue weighted by molar-refractivity contribution is 5.94. The Labute approximate surface area is 210 Å². The largest absolute Gasteiger partial charge is 0.508 e. The third kappa shape index (κ3) is 5.96. The lowest BCUT2D eigenvalue weighted by atomic mass is 9.81. The van der Waals surface area contributed by atoms with E-state index >= 15 is 0 Å². The van der Waals surface area contributed by atoms with Gasteiger partial charge in [0.15, 0.2) is 0 Å². The number of phenols is 1. The lowest BCUT2D eigenvalue weighted by molar-refractivity contribution is 0.0896. The molecule has 1 aliphatic heterocycles. The number of phenolic OH excluding ortho intramolecular Hbond substituents is 1. The second-order valence-electron chi connectivity index (χ2n) is 9.90. The molecule has 0 spiro atoms. The van der Waals surface area contributed by atoms with Gasteiger partial charge in [-0.15, -0.1) is 0 Å². The fraction of sp³-hybridized carbons (Fsp3) is 0.375. The summed E-state index contributed by atoms with van der Waals surface area (Å²) in [6.45, 7) is 8.81. The minimum atomic E-state index is -0.0715. The van der Waals surface area contributed by atoms with Crippen molar-refractivity contribution in [3.05, 3.63) is 89.0 Å². The van der Waals surface area contributed by atoms with Crippen molar-refractivity contribution in [3.63, 3.8) is 0 Å². The average Bonchev–Trinajstić information content (AvgIpc) is 2.80. The first-order valence-corrected chi connectivity index (χ1v) is 12.8. The first kappa shape index (κ1) is 25.0. The Kier molecular flexibility index (Phi) is 8.29. The summed E-state index contributed by atoms with van der Waals surface area (Å²) in [6, 6.07) is 16.9. The number of benzene rings is 2. The van der Waals surface area contributed by atoms with E-state index in [1.165, 1.54) is 11.1 Å². The van der Waals surface area contributed by atoms with Crippen LogP contribution in [0.25, 0.3) is 11.1 Å². The van der Waals surface area contributed by atoms with Crippen LogP contribution < -0.4 is 0 Å². The first-order valence-electron chi connectivity index (χ1n) is 12.8. The molecular formula is C32H37NO2. The second kappa shape index (κ2) is 11.6. The van der Waals surface area contributed by atoms with Crippen molar-refractivity contribution in [2.24, 2.45) is 11.8 Å². The molecule has 3 nitrogen and oxygen atoms in total. The predicted octanol–water partition coefficient (Wildman–Crippen LogP) is 6.23. The van der Waals surface area contributed by atoms with Gasteiger partial charge in [0, 0.05) is 38.1 Å². The highest BCUT2D eigenvalue weighted by Gasteiger charge is 2.30. The Hall–Kier alpha value is -3.06. The molecule has 2 aliphatic rings. The Morgan fingerprint density at radius 3 is 2.54 bits per heavy atom. The number of rotatable bonds is 8. The quantitative estimate of drug-likeness (QED) is 0.357. The van der Waals surface area contributed by atoms with Gasteiger partial charge in [0.2, 0.25) is 0 Å². The molecule has 2 aromatic carbocycles. The molecule has 2 N–H and O–H groups in total. The van der Waals surface area contributed by atoms with Crippen LogP contribution in [0.4, 0.5) is 0 Å². The molecular weight excluding hydrogens is 430 g/mol. The lowest BCUT2D eigenvalue weighted by Gasteiger charge is -2.43. The van der Waals surface area contributed by atoms with Gasteiger partial charge in [-0.3, -0.25) is 4.90 Å². The number of hydrogen-bond donors (Lipinski definition) is 2. The van der Waals surface area contributed by atoms with Crippen LogP contribution in [-0.2, 0) is 0 Å². The van der Waals surface area contributed by atoms with Gasteiger partial charge in [-0.25, -0.2) is 0 Å². The molecule has 0 radical (unpaired) electrons. The average molecular weight is 468 g/mol. The van der Waals surface area contributed by atoms with E-state index in [-0.39, 0.29) is 12.5 Å². The van der Waals surface area contributed by atoms with E-state index in [0.29, 0.717) is 24.1 Å². The van der Waals surface area contributed by atoms with Crippen LogP contribution >= 0.6 is 0 Å². The molecule has 3 heteroatoms. The minimum absolute atomic E-state index is 0.0715. The molecule has 2 aromatic rings. The predicted molar refractivity (Wildman–Crippen MR) is 146 cm³/mol. The van der Waals surface area contributed by atoms with E-state index in [4.69, 9.17) is 0 Å². The molecule has 0 amide bonds. The van der Waals surface area contributed by atoms with Crippen molar-refractivity contribution in [1.82, 2.24) is 4.90 Å². The van der Waals surface area contributed by atoms with Crippen molar-refractivity contribution in [1.29, 1.82) is 0 Å². The minimum Gasteiger partial charge on any atom is -0.508 e. The highest BCUT2D eigenvalue weighted by Crippen LogP contribution is 2.38. The number of aliphatic hydroxyl groups excluding tert-OH is 1. The van der Waals surface area contributed by atoms with Gasteiger partial charge in [-0.05, 0) is 79.2 Å². The van der Waals surface area contributed by atoms with Crippen LogP contribution in [0.1, 0.15) is 49.8 Å². The van der Waals surface area contributed by atoms with Gasteiger partial charge >= 0.3 is 0 Å². The molecule has 1 fully saturated rings. The Morgan fingerprint density at radius 2 is 1.86 bits per heavy atom. The summed E-state index contributed by atoms with van der Waals surface area (Å²) in [5, 5.41) is 19.9. The van der Waals surface area contributed by atoms with Gasteiger partial charge < -0.3 is 10.2 Å². The maximum atomic E-state index is 10.2. The number of aliphatic hydroxyl groups is 1. The summed E-state index contributed by atoms with van der Waals surface area (Å²) in [6.07, 6.45) is 9.05. The van der Waals surface area contributed by atoms with Crippen LogP contribution in [0.15, 0.2) is 72.3 Å². The summed E-state index contributed by atoms with van der Waals surface area (Å²) in [4.78, 5) is 2.51. The monoisotopic (exact) mass is 467 g/mol. The number of likely N-dealkylation sites (tertiary alicyclic amines) is 1. The Balaban J connectivity index is 1.78. The normalized spacial score (nSPS) is 21.6. The number of hydrogen-bond acceptors (Lipinski definition) is 3. The van der Waals surface area contributed by atoms with E-state index in [0.717, 1.165) is 48.2 Å². The van der Waals surface area contributed by atoms with Gasteiger partial charge in [-0.2, -0.15) is 0 Å². The van der Waals surface area contributed by atoms with Crippen molar-refractivity contribution in [2.45, 2.75) is 46.1 Å². The molecule has 0 bridgehead atoms. The van der Waals surface area contributed by atoms with Gasteiger partial charge in [-0.1, -0.05) is 66.5 Å². The highest BCUT2D eigenvalue weighted by atomic mass is 16.3. The lowest BCUT2D eigenvalue weighted by Crippen LogP contribution is -2.50. The van der Waals surface area contributed by atoms with Gasteiger partial charge in [0.25, 0.3) is 0 Å². The standard InChI is InChI=1S/C32H37NO2/c1-23(2)33-21-29(22-33)25-10-7-8-13-27(16-15-25)32(28-17-18-31(35)24(3)20-28)30(14-9-19-34)26-11-5-4-6-12-26/h4-6,10-12,15-18,20,23,27,29,34-35H,7,9,14,19,21-22H2,1-3H3/b16-15-,25-10+,32-30+. The zero-order valence-electron chi connectivity index (χ0n) is 21.2. The van der Waals surface area contributed by atoms with Crippen LogP contribution in [0.3, 0.4) is 0 Å². The van der Waals surface area contributed by atoms with Crippen molar-refractivity contribution >= 4 is 11.1 Å². The zero-order chi connectivity index (χ0) is 24.8. The Morgan fingerprint density at radius 1 is 1.09 bits per heavy atom. The maximum absolute atomic E-state index is 10.2. The fourth-order valence-corrected chi connectivity index (χ4v) is 4.97. The van der Waals surface area contributed by atoms with Gasteiger partial charge in [0.05, 0.1) is 5.92 Å². The SMILES string of the molecule is Cc1cc(/C(=C(\CCCO)c2ccccc2)C2C#CC/C=C(C3CN(C(C)C)C3)\C=C/2)ccc1O. The smallest absolute Gasteiger partial charge is 0.118 e. The van der Waals surface area contributed by atoms with E-state index in [1.807, 2.05) is 19.1 Å². The van der Waals surface area contributed by atoms with Crippen LogP contribution in [0, 0.1) is 30.6 Å². The van der Waals surface area contributed by atoms with Crippen molar-refractivity contribution < 1.29 is 10.2 Å². The van der Waals surface area contributed by atoms with E-state index in [1.54, 1.807) is 6.07 Å². The molecule has 0 aromatic heterocycles. The van der Waals surface area contributed by atoms with E-state index in [2.05, 4.69) is 79.1 Å². The summed E-state index contributed by atoms with van der Waals surface area (Å²) in [5.41, 5.74) is 6.83. The summed E-state index contributed by atoms with van der Waals surface area (Å²) < 4.78 is 0. The topological polar surface area (TPSA) is 43.7 Å². The van der Waals surface area contributed by atoms with Crippen molar-refractivity contribution in [2.75, 3.05) is 19.7 Å². The molecule has 35 heavy (non-hydrogen) atoms. The van der Waals surface area contributed by atoms with Crippen LogP contribution in [0.2, 0.25) is 0 Å². The molecule has 1 atom stereocenters. The third-order valence-corrected chi connectivity index (χ3v) is 7.14. The van der Waals surface area contributed by atoms with E-state index < -0.39 is 0 Å². The molecule has 1 saturated heterocycles. The van der Waals surface area contributed by atoms with Crippen LogP contribution in [0.5, 0.6) is 5.75 Å². The maximum Gasteiger partial charge on any atom is 0.118 e. The molecule has 4 rings (SSSR count). The van der Waals surface area contributed by atoms with Gasteiger partial charge in [0.1, 0.15) is 5.75 Å². The summed E-state index contributed by atoms with van der Waals surface area (Å²) in [5.74, 6) is 7.75. The number of aryl methyl sites for hydroxylation is 1. The number of allylic oxidation sites excluding steroid dienone is 5. The molecule has 1 unspecified atom stereocenters. The second-order valence-corrected chi connectivity index (χ2v) is 9.90. The van der Waals surface area contributed by atoms with E-state index in [9.17, 15) is 10.2 Å². The molecule has 182 valence electrons. The number of aromatic hydroxyl groups is 1. The zero-order valence-corrected chi connectivity index (χ0v) is 21.2. The Bertz CT molecular complexity index is 1170. The molecule has 1 aliphatic carbocycles. The molecule has 1 heterocycles. The summed E-state index contributed by atoms with van der Waals surface area (Å²) in [7, 11) is 0. The summed E-state index contributed by atoms with van der Waals surface area (Å²) >= 11 is 0. The first-order chi connectivity index (χ1) is 17.0. The fourth-order valence-electron chi connectivity index (χ4n) is 4.97. The number of nitrogens with zero attached hydrogens (tertiary/aromatic N) is 1.